The summed E-state index contributed by atoms with van der Waals surface area (Å²) in [6, 6.07) is 18.8. The van der Waals surface area contributed by atoms with Gasteiger partial charge in [0.15, 0.2) is 0 Å². The Morgan fingerprint density at radius 2 is 1.55 bits per heavy atom. The van der Waals surface area contributed by atoms with Crippen LogP contribution in [0.5, 0.6) is 5.75 Å². The Hall–Kier alpha value is -3.54. The Labute approximate surface area is 182 Å². The monoisotopic (exact) mass is 421 g/mol. The molecule has 0 radical (unpaired) electrons. The van der Waals surface area contributed by atoms with Crippen LogP contribution in [0.1, 0.15) is 36.7 Å². The van der Waals surface area contributed by atoms with Crippen molar-refractivity contribution in [2.24, 2.45) is 0 Å². The number of rotatable bonds is 5. The van der Waals surface area contributed by atoms with E-state index in [-0.39, 0.29) is 5.56 Å². The number of benzene rings is 3. The minimum atomic E-state index is -0.680. The summed E-state index contributed by atoms with van der Waals surface area (Å²) < 4.78 is 16.6. The first kappa shape index (κ1) is 22.2. The number of fused-ring (bicyclic) bond motifs is 1. The second-order valence-electron chi connectivity index (χ2n) is 8.12. The molecule has 31 heavy (non-hydrogen) atoms. The van der Waals surface area contributed by atoms with E-state index in [1.165, 1.54) is 12.0 Å². The van der Waals surface area contributed by atoms with E-state index >= 15 is 0 Å². The number of carbonyl (C=O) groups is 2. The van der Waals surface area contributed by atoms with Gasteiger partial charge in [-0.3, -0.25) is 4.90 Å². The van der Waals surface area contributed by atoms with Crippen molar-refractivity contribution in [1.82, 2.24) is 0 Å². The third kappa shape index (κ3) is 5.15. The van der Waals surface area contributed by atoms with E-state index < -0.39 is 17.7 Å². The van der Waals surface area contributed by atoms with Gasteiger partial charge in [0.2, 0.25) is 0 Å². The average molecular weight is 421 g/mol. The molecule has 3 aromatic rings. The van der Waals surface area contributed by atoms with E-state index in [1.54, 1.807) is 33.9 Å². The predicted octanol–water partition coefficient (Wildman–Crippen LogP) is 5.58. The van der Waals surface area contributed by atoms with Crippen molar-refractivity contribution >= 4 is 28.5 Å². The Bertz CT molecular complexity index is 1090. The minimum Gasteiger partial charge on any atom is -0.488 e. The molecule has 0 bridgehead atoms. The van der Waals surface area contributed by atoms with E-state index in [2.05, 4.69) is 0 Å². The molecular weight excluding hydrogens is 394 g/mol. The maximum absolute atomic E-state index is 12.8. The first-order chi connectivity index (χ1) is 14.7. The molecule has 0 fully saturated rings. The molecule has 3 aromatic carbocycles. The van der Waals surface area contributed by atoms with E-state index in [9.17, 15) is 9.59 Å². The van der Waals surface area contributed by atoms with Gasteiger partial charge >= 0.3 is 12.1 Å². The van der Waals surface area contributed by atoms with Crippen LogP contribution in [0.4, 0.5) is 10.5 Å². The fourth-order valence-corrected chi connectivity index (χ4v) is 3.19. The molecule has 162 valence electrons. The van der Waals surface area contributed by atoms with Crippen LogP contribution >= 0.6 is 0 Å². The van der Waals surface area contributed by atoms with Crippen LogP contribution in [-0.4, -0.2) is 31.8 Å². The Balaban J connectivity index is 2.12. The molecule has 0 spiro atoms. The molecule has 0 N–H and O–H groups in total. The van der Waals surface area contributed by atoms with Crippen LogP contribution in [0.2, 0.25) is 0 Å². The van der Waals surface area contributed by atoms with Gasteiger partial charge < -0.3 is 14.2 Å². The quantitative estimate of drug-likeness (QED) is 0.504. The molecule has 0 atom stereocenters. The molecule has 6 nitrogen and oxygen atoms in total. The molecular formula is C25H27NO5. The Kier molecular flexibility index (Phi) is 6.49. The smallest absolute Gasteiger partial charge is 0.414 e. The van der Waals surface area contributed by atoms with E-state index in [1.807, 2.05) is 54.6 Å². The normalized spacial score (nSPS) is 11.1. The summed E-state index contributed by atoms with van der Waals surface area (Å²) in [5, 5.41) is 1.38. The fourth-order valence-electron chi connectivity index (χ4n) is 3.19. The van der Waals surface area contributed by atoms with Crippen molar-refractivity contribution in [2.45, 2.75) is 33.0 Å². The third-order valence-electron chi connectivity index (χ3n) is 4.64. The topological polar surface area (TPSA) is 65.1 Å². The van der Waals surface area contributed by atoms with Gasteiger partial charge in [-0.25, -0.2) is 9.59 Å². The third-order valence-corrected chi connectivity index (χ3v) is 4.64. The van der Waals surface area contributed by atoms with Gasteiger partial charge in [-0.2, -0.15) is 0 Å². The van der Waals surface area contributed by atoms with Crippen molar-refractivity contribution in [3.05, 3.63) is 71.8 Å². The van der Waals surface area contributed by atoms with Crippen molar-refractivity contribution in [3.63, 3.8) is 0 Å². The largest absolute Gasteiger partial charge is 0.488 e. The fraction of sp³-hybridized carbons (Fsp3) is 0.280. The minimum absolute atomic E-state index is 0.276. The molecule has 0 aliphatic heterocycles. The highest BCUT2D eigenvalue weighted by Gasteiger charge is 2.27. The summed E-state index contributed by atoms with van der Waals surface area (Å²) in [4.78, 5) is 26.8. The molecule has 0 aliphatic rings. The lowest BCUT2D eigenvalue weighted by Crippen LogP contribution is -2.35. The highest BCUT2D eigenvalue weighted by molar-refractivity contribution is 6.13. The maximum atomic E-state index is 12.8. The second-order valence-corrected chi connectivity index (χ2v) is 8.12. The zero-order valence-corrected chi connectivity index (χ0v) is 18.5. The predicted molar refractivity (Wildman–Crippen MR) is 121 cm³/mol. The number of carbonyl (C=O) groups excluding carboxylic acids is 2. The zero-order chi connectivity index (χ0) is 22.6. The number of hydrogen-bond acceptors (Lipinski definition) is 5. The van der Waals surface area contributed by atoms with E-state index in [0.717, 1.165) is 10.9 Å². The van der Waals surface area contributed by atoms with Gasteiger partial charge in [0, 0.05) is 23.9 Å². The summed E-state index contributed by atoms with van der Waals surface area (Å²) in [6.07, 6.45) is -0.582. The number of ether oxygens (including phenoxy) is 3. The summed E-state index contributed by atoms with van der Waals surface area (Å²) in [5.41, 5.74) is 0.951. The molecule has 0 aromatic heterocycles. The molecule has 0 aliphatic carbocycles. The Morgan fingerprint density at radius 3 is 2.16 bits per heavy atom. The summed E-state index contributed by atoms with van der Waals surface area (Å²) >= 11 is 0. The molecule has 1 amide bonds. The van der Waals surface area contributed by atoms with Gasteiger partial charge in [-0.1, -0.05) is 54.6 Å². The maximum Gasteiger partial charge on any atom is 0.414 e. The first-order valence-corrected chi connectivity index (χ1v) is 9.99. The lowest BCUT2D eigenvalue weighted by atomic mass is 10.0. The Morgan fingerprint density at radius 1 is 0.935 bits per heavy atom. The zero-order valence-electron chi connectivity index (χ0n) is 18.5. The van der Waals surface area contributed by atoms with Crippen LogP contribution in [0.25, 0.3) is 10.8 Å². The van der Waals surface area contributed by atoms with Crippen molar-refractivity contribution in [3.8, 4) is 5.75 Å². The summed E-state index contributed by atoms with van der Waals surface area (Å²) in [7, 11) is 2.87. The first-order valence-electron chi connectivity index (χ1n) is 9.99. The van der Waals surface area contributed by atoms with Gasteiger partial charge in [0.25, 0.3) is 0 Å². The number of hydrogen-bond donors (Lipinski definition) is 0. The van der Waals surface area contributed by atoms with Crippen molar-refractivity contribution < 1.29 is 23.8 Å². The molecule has 6 heteroatoms. The SMILES string of the molecule is COC(=O)c1c(N(C)C(=O)OC(C)(C)C)cc(OCc2ccccc2)c2ccccc12. The van der Waals surface area contributed by atoms with Gasteiger partial charge in [0.1, 0.15) is 18.0 Å². The van der Waals surface area contributed by atoms with Crippen LogP contribution in [0.3, 0.4) is 0 Å². The van der Waals surface area contributed by atoms with Crippen LogP contribution < -0.4 is 9.64 Å². The van der Waals surface area contributed by atoms with Crippen LogP contribution in [0, 0.1) is 0 Å². The average Bonchev–Trinajstić information content (AvgIpc) is 2.75. The number of anilines is 1. The molecule has 3 rings (SSSR count). The molecule has 0 saturated heterocycles. The molecule has 0 heterocycles. The lowest BCUT2D eigenvalue weighted by Gasteiger charge is -2.26. The van der Waals surface area contributed by atoms with Crippen LogP contribution in [0.15, 0.2) is 60.7 Å². The van der Waals surface area contributed by atoms with Gasteiger partial charge in [-0.15, -0.1) is 0 Å². The molecule has 0 unspecified atom stereocenters. The van der Waals surface area contributed by atoms with Crippen molar-refractivity contribution in [2.75, 3.05) is 19.1 Å². The van der Waals surface area contributed by atoms with Crippen molar-refractivity contribution in [1.29, 1.82) is 0 Å². The van der Waals surface area contributed by atoms with E-state index in [0.29, 0.717) is 23.4 Å². The van der Waals surface area contributed by atoms with E-state index in [4.69, 9.17) is 14.2 Å². The summed E-state index contributed by atoms with van der Waals surface area (Å²) in [5.74, 6) is 0.00809. The highest BCUT2D eigenvalue weighted by atomic mass is 16.6. The summed E-state index contributed by atoms with van der Waals surface area (Å²) in [6.45, 7) is 5.70. The number of esters is 1. The standard InChI is InChI=1S/C25H27NO5/c1-25(2,3)31-24(28)26(4)20-15-21(30-16-17-11-7-6-8-12-17)18-13-9-10-14-19(18)22(20)23(27)29-5/h6-15H,16H2,1-5H3. The number of methoxy groups -OCH3 is 1. The number of amides is 1. The molecule has 0 saturated carbocycles. The van der Waals surface area contributed by atoms with Gasteiger partial charge in [0.05, 0.1) is 18.4 Å². The van der Waals surface area contributed by atoms with Crippen LogP contribution in [-0.2, 0) is 16.1 Å². The number of nitrogens with zero attached hydrogens (tertiary/aromatic N) is 1. The van der Waals surface area contributed by atoms with Gasteiger partial charge in [-0.05, 0) is 26.3 Å². The highest BCUT2D eigenvalue weighted by Crippen LogP contribution is 2.37. The second kappa shape index (κ2) is 9.08. The lowest BCUT2D eigenvalue weighted by molar-refractivity contribution is 0.0588.